The minimum atomic E-state index is -0.429. The third-order valence-electron chi connectivity index (χ3n) is 3.79. The summed E-state index contributed by atoms with van der Waals surface area (Å²) in [5.74, 6) is 0.580. The number of nitrogens with one attached hydrogen (secondary N) is 1. The Hall–Kier alpha value is -1.28. The molecular weight excluding hydrogens is 266 g/mol. The largest absolute Gasteiger partial charge is 0.444 e. The number of likely N-dealkylation sites (tertiary alicyclic amines) is 1. The molecule has 1 unspecified atom stereocenters. The van der Waals surface area contributed by atoms with E-state index in [0.29, 0.717) is 18.4 Å². The number of amides is 1. The molecule has 0 radical (unpaired) electrons. The predicted molar refractivity (Wildman–Crippen MR) is 82.8 cm³/mol. The van der Waals surface area contributed by atoms with Crippen LogP contribution in [0.15, 0.2) is 0 Å². The standard InChI is InChI=1S/C16H29N3O2/c1-5-14(6-9-17)18-12-13-7-10-19(11-8-13)15(20)21-16(2,3)4/h13-14,18H,5-8,10-12H2,1-4H3. The summed E-state index contributed by atoms with van der Waals surface area (Å²) in [7, 11) is 0. The average molecular weight is 295 g/mol. The van der Waals surface area contributed by atoms with Crippen molar-refractivity contribution in [2.24, 2.45) is 5.92 Å². The first kappa shape index (κ1) is 17.8. The third kappa shape index (κ3) is 6.81. The summed E-state index contributed by atoms with van der Waals surface area (Å²) in [6.07, 6.45) is 3.33. The second kappa shape index (κ2) is 8.23. The Kier molecular flexibility index (Phi) is 6.97. The molecule has 5 heteroatoms. The number of piperidine rings is 1. The van der Waals surface area contributed by atoms with Gasteiger partial charge in [-0.15, -0.1) is 0 Å². The predicted octanol–water partition coefficient (Wildman–Crippen LogP) is 2.92. The van der Waals surface area contributed by atoms with Crippen molar-refractivity contribution in [3.8, 4) is 6.07 Å². The lowest BCUT2D eigenvalue weighted by atomic mass is 9.96. The quantitative estimate of drug-likeness (QED) is 0.847. The Morgan fingerprint density at radius 2 is 2.05 bits per heavy atom. The number of hydrogen-bond acceptors (Lipinski definition) is 4. The van der Waals surface area contributed by atoms with Gasteiger partial charge in [0.2, 0.25) is 0 Å². The van der Waals surface area contributed by atoms with Crippen molar-refractivity contribution in [1.29, 1.82) is 5.26 Å². The average Bonchev–Trinajstić information content (AvgIpc) is 2.42. The zero-order valence-corrected chi connectivity index (χ0v) is 13.8. The van der Waals surface area contributed by atoms with E-state index < -0.39 is 5.60 Å². The van der Waals surface area contributed by atoms with Gasteiger partial charge in [-0.3, -0.25) is 0 Å². The molecule has 0 aliphatic carbocycles. The van der Waals surface area contributed by atoms with E-state index in [1.807, 2.05) is 20.8 Å². The molecule has 5 nitrogen and oxygen atoms in total. The van der Waals surface area contributed by atoms with E-state index in [1.54, 1.807) is 4.90 Å². The van der Waals surface area contributed by atoms with Gasteiger partial charge in [0.25, 0.3) is 0 Å². The smallest absolute Gasteiger partial charge is 0.410 e. The summed E-state index contributed by atoms with van der Waals surface area (Å²) in [4.78, 5) is 13.8. The van der Waals surface area contributed by atoms with E-state index in [-0.39, 0.29) is 6.09 Å². The Labute approximate surface area is 128 Å². The molecule has 1 amide bonds. The summed E-state index contributed by atoms with van der Waals surface area (Å²) in [5.41, 5.74) is -0.429. The highest BCUT2D eigenvalue weighted by Crippen LogP contribution is 2.19. The lowest BCUT2D eigenvalue weighted by molar-refractivity contribution is 0.0183. The summed E-state index contributed by atoms with van der Waals surface area (Å²) < 4.78 is 5.40. The van der Waals surface area contributed by atoms with Crippen molar-refractivity contribution in [2.75, 3.05) is 19.6 Å². The normalized spacial score (nSPS) is 18.1. The fourth-order valence-electron chi connectivity index (χ4n) is 2.45. The molecule has 1 rings (SSSR count). The van der Waals surface area contributed by atoms with E-state index in [2.05, 4.69) is 18.3 Å². The number of nitrogens with zero attached hydrogens (tertiary/aromatic N) is 2. The van der Waals surface area contributed by atoms with Gasteiger partial charge < -0.3 is 15.0 Å². The van der Waals surface area contributed by atoms with Crippen molar-refractivity contribution >= 4 is 6.09 Å². The molecule has 1 atom stereocenters. The molecule has 21 heavy (non-hydrogen) atoms. The summed E-state index contributed by atoms with van der Waals surface area (Å²) in [6, 6.07) is 2.51. The zero-order valence-electron chi connectivity index (χ0n) is 13.8. The molecule has 1 saturated heterocycles. The highest BCUT2D eigenvalue weighted by Gasteiger charge is 2.26. The fourth-order valence-corrected chi connectivity index (χ4v) is 2.45. The fraction of sp³-hybridized carbons (Fsp3) is 0.875. The van der Waals surface area contributed by atoms with Crippen LogP contribution in [0.2, 0.25) is 0 Å². The molecule has 1 aliphatic heterocycles. The maximum atomic E-state index is 12.0. The molecule has 1 fully saturated rings. The summed E-state index contributed by atoms with van der Waals surface area (Å²) in [6.45, 7) is 10.2. The van der Waals surface area contributed by atoms with Gasteiger partial charge in [-0.2, -0.15) is 5.26 Å². The van der Waals surface area contributed by atoms with Crippen molar-refractivity contribution < 1.29 is 9.53 Å². The molecule has 1 N–H and O–H groups in total. The minimum absolute atomic E-state index is 0.204. The first-order valence-electron chi connectivity index (χ1n) is 7.94. The molecule has 0 aromatic carbocycles. The zero-order chi connectivity index (χ0) is 15.9. The van der Waals surface area contributed by atoms with E-state index in [0.717, 1.165) is 38.9 Å². The van der Waals surface area contributed by atoms with Crippen LogP contribution in [0.25, 0.3) is 0 Å². The Morgan fingerprint density at radius 3 is 2.52 bits per heavy atom. The number of hydrogen-bond donors (Lipinski definition) is 1. The van der Waals surface area contributed by atoms with Crippen LogP contribution in [-0.2, 0) is 4.74 Å². The van der Waals surface area contributed by atoms with E-state index in [9.17, 15) is 4.79 Å². The van der Waals surface area contributed by atoms with Crippen molar-refractivity contribution in [2.45, 2.75) is 65.0 Å². The Bertz CT molecular complexity index is 363. The Balaban J connectivity index is 2.29. The van der Waals surface area contributed by atoms with Crippen LogP contribution in [0.4, 0.5) is 4.79 Å². The van der Waals surface area contributed by atoms with Crippen molar-refractivity contribution in [1.82, 2.24) is 10.2 Å². The maximum Gasteiger partial charge on any atom is 0.410 e. The molecular formula is C16H29N3O2. The van der Waals surface area contributed by atoms with Gasteiger partial charge in [0.15, 0.2) is 0 Å². The molecule has 0 spiro atoms. The molecule has 1 aliphatic rings. The SMILES string of the molecule is CCC(CC#N)NCC1CCN(C(=O)OC(C)(C)C)CC1. The van der Waals surface area contributed by atoms with Crippen LogP contribution in [0.3, 0.4) is 0 Å². The van der Waals surface area contributed by atoms with Crippen LogP contribution in [0.1, 0.15) is 53.4 Å². The van der Waals surface area contributed by atoms with Crippen molar-refractivity contribution in [3.05, 3.63) is 0 Å². The molecule has 0 saturated carbocycles. The van der Waals surface area contributed by atoms with E-state index in [1.165, 1.54) is 0 Å². The first-order chi connectivity index (χ1) is 9.85. The van der Waals surface area contributed by atoms with Crippen molar-refractivity contribution in [3.63, 3.8) is 0 Å². The van der Waals surface area contributed by atoms with Gasteiger partial charge in [0.05, 0.1) is 12.5 Å². The molecule has 0 bridgehead atoms. The first-order valence-corrected chi connectivity index (χ1v) is 7.94. The van der Waals surface area contributed by atoms with Crippen LogP contribution in [0.5, 0.6) is 0 Å². The van der Waals surface area contributed by atoms with Crippen LogP contribution in [0, 0.1) is 17.2 Å². The maximum absolute atomic E-state index is 12.0. The topological polar surface area (TPSA) is 65.4 Å². The number of carbonyl (C=O) groups excluding carboxylic acids is 1. The summed E-state index contributed by atoms with van der Waals surface area (Å²) in [5, 5.41) is 12.2. The van der Waals surface area contributed by atoms with Gasteiger partial charge in [-0.05, 0) is 52.5 Å². The minimum Gasteiger partial charge on any atom is -0.444 e. The van der Waals surface area contributed by atoms with Gasteiger partial charge >= 0.3 is 6.09 Å². The number of nitriles is 1. The second-order valence-electron chi connectivity index (χ2n) is 6.79. The second-order valence-corrected chi connectivity index (χ2v) is 6.79. The van der Waals surface area contributed by atoms with Crippen LogP contribution >= 0.6 is 0 Å². The van der Waals surface area contributed by atoms with Gasteiger partial charge in [0.1, 0.15) is 5.60 Å². The number of rotatable bonds is 5. The highest BCUT2D eigenvalue weighted by atomic mass is 16.6. The summed E-state index contributed by atoms with van der Waals surface area (Å²) >= 11 is 0. The number of carbonyl (C=O) groups is 1. The van der Waals surface area contributed by atoms with Gasteiger partial charge in [-0.25, -0.2) is 4.79 Å². The number of ether oxygens (including phenoxy) is 1. The monoisotopic (exact) mass is 295 g/mol. The molecule has 120 valence electrons. The van der Waals surface area contributed by atoms with Gasteiger partial charge in [-0.1, -0.05) is 6.92 Å². The molecule has 0 aromatic heterocycles. The third-order valence-corrected chi connectivity index (χ3v) is 3.79. The highest BCUT2D eigenvalue weighted by molar-refractivity contribution is 5.68. The lowest BCUT2D eigenvalue weighted by Gasteiger charge is -2.34. The molecule has 1 heterocycles. The van der Waals surface area contributed by atoms with Crippen LogP contribution in [-0.4, -0.2) is 42.3 Å². The van der Waals surface area contributed by atoms with E-state index >= 15 is 0 Å². The lowest BCUT2D eigenvalue weighted by Crippen LogP contribution is -2.44. The van der Waals surface area contributed by atoms with Gasteiger partial charge in [0, 0.05) is 19.1 Å². The molecule has 0 aromatic rings. The van der Waals surface area contributed by atoms with E-state index in [4.69, 9.17) is 10.00 Å². The van der Waals surface area contributed by atoms with Crippen LogP contribution < -0.4 is 5.32 Å². The Morgan fingerprint density at radius 1 is 1.43 bits per heavy atom.